The number of hydrogen-bond donors (Lipinski definition) is 1. The molecular formula is C36H23BBrO2S2. The molecule has 8 rings (SSSR count). The second kappa shape index (κ2) is 11.7. The Bertz CT molecular complexity index is 2200. The van der Waals surface area contributed by atoms with Crippen molar-refractivity contribution in [2.75, 3.05) is 0 Å². The Morgan fingerprint density at radius 3 is 1.60 bits per heavy atom. The topological polar surface area (TPSA) is 29.5 Å². The van der Waals surface area contributed by atoms with Crippen LogP contribution in [0.15, 0.2) is 138 Å². The van der Waals surface area contributed by atoms with Crippen LogP contribution in [-0.4, -0.2) is 12.7 Å². The molecule has 0 saturated carbocycles. The van der Waals surface area contributed by atoms with Crippen molar-refractivity contribution >= 4 is 86.6 Å². The molecule has 0 amide bonds. The van der Waals surface area contributed by atoms with Crippen molar-refractivity contribution in [3.63, 3.8) is 0 Å². The second-order valence-corrected chi connectivity index (χ2v) is 12.8. The van der Waals surface area contributed by atoms with E-state index < -0.39 is 0 Å². The van der Waals surface area contributed by atoms with Gasteiger partial charge in [-0.25, -0.2) is 0 Å². The molecule has 1 N–H and O–H groups in total. The Kier molecular flexibility index (Phi) is 7.53. The zero-order valence-corrected chi connectivity index (χ0v) is 25.5. The van der Waals surface area contributed by atoms with Crippen LogP contribution < -0.4 is 4.65 Å². The van der Waals surface area contributed by atoms with Gasteiger partial charge in [-0.3, -0.25) is 0 Å². The van der Waals surface area contributed by atoms with Crippen LogP contribution in [0, 0.1) is 0 Å². The van der Waals surface area contributed by atoms with E-state index in [9.17, 15) is 0 Å². The summed E-state index contributed by atoms with van der Waals surface area (Å²) < 4.78 is 11.5. The maximum absolute atomic E-state index is 8.80. The molecular weight excluding hydrogens is 619 g/mol. The first kappa shape index (κ1) is 26.9. The highest BCUT2D eigenvalue weighted by atomic mass is 79.9. The molecule has 0 unspecified atom stereocenters. The zero-order chi connectivity index (χ0) is 28.5. The van der Waals surface area contributed by atoms with Crippen molar-refractivity contribution in [3.8, 4) is 28.0 Å². The SMILES string of the molecule is Brc1cccc(-c2cccc3c2sc2ccccc23)c1.O[B]Oc1cccc(-c2cccc3c2sc2ccccc23)c1. The summed E-state index contributed by atoms with van der Waals surface area (Å²) in [7, 11) is 0.707. The third-order valence-corrected chi connectivity index (χ3v) is 10.2. The molecule has 0 atom stereocenters. The van der Waals surface area contributed by atoms with Gasteiger partial charge >= 0.3 is 7.69 Å². The van der Waals surface area contributed by atoms with Crippen LogP contribution in [0.2, 0.25) is 0 Å². The number of benzene rings is 6. The predicted molar refractivity (Wildman–Crippen MR) is 186 cm³/mol. The van der Waals surface area contributed by atoms with Gasteiger partial charge in [-0.15, -0.1) is 22.7 Å². The van der Waals surface area contributed by atoms with Crippen LogP contribution in [0.25, 0.3) is 62.6 Å². The molecule has 6 aromatic carbocycles. The number of fused-ring (bicyclic) bond motifs is 6. The second-order valence-electron chi connectivity index (χ2n) is 9.82. The van der Waals surface area contributed by atoms with Gasteiger partial charge in [-0.1, -0.05) is 113 Å². The van der Waals surface area contributed by atoms with E-state index in [2.05, 4.69) is 131 Å². The molecule has 0 aliphatic carbocycles. The molecule has 0 aliphatic rings. The highest BCUT2D eigenvalue weighted by Gasteiger charge is 2.11. The largest absolute Gasteiger partial charge is 0.569 e. The molecule has 0 spiro atoms. The Morgan fingerprint density at radius 2 is 1.02 bits per heavy atom. The van der Waals surface area contributed by atoms with E-state index in [0.29, 0.717) is 13.4 Å². The molecule has 6 heteroatoms. The first-order valence-corrected chi connectivity index (χ1v) is 15.9. The Balaban J connectivity index is 0.000000138. The minimum atomic E-state index is 0.623. The lowest BCUT2D eigenvalue weighted by atomic mass is 10.0. The molecule has 8 aromatic rings. The van der Waals surface area contributed by atoms with Crippen molar-refractivity contribution in [1.82, 2.24) is 0 Å². The molecule has 2 aromatic heterocycles. The summed E-state index contributed by atoms with van der Waals surface area (Å²) in [6, 6.07) is 46.3. The van der Waals surface area contributed by atoms with E-state index in [1.54, 1.807) is 11.3 Å². The minimum absolute atomic E-state index is 0.623. The third kappa shape index (κ3) is 5.12. The van der Waals surface area contributed by atoms with Gasteiger partial charge in [0, 0.05) is 44.8 Å². The number of rotatable bonds is 4. The summed E-state index contributed by atoms with van der Waals surface area (Å²) in [5.74, 6) is 0.623. The fourth-order valence-corrected chi connectivity index (χ4v) is 8.28. The van der Waals surface area contributed by atoms with Crippen molar-refractivity contribution in [2.24, 2.45) is 0 Å². The normalized spacial score (nSPS) is 11.1. The summed E-state index contributed by atoms with van der Waals surface area (Å²) >= 11 is 7.24. The fraction of sp³-hybridized carbons (Fsp3) is 0. The van der Waals surface area contributed by atoms with Gasteiger partial charge in [0.1, 0.15) is 5.75 Å². The third-order valence-electron chi connectivity index (χ3n) is 7.28. The highest BCUT2D eigenvalue weighted by molar-refractivity contribution is 9.10. The maximum atomic E-state index is 8.80. The van der Waals surface area contributed by atoms with Crippen molar-refractivity contribution in [2.45, 2.75) is 0 Å². The van der Waals surface area contributed by atoms with E-state index >= 15 is 0 Å². The zero-order valence-electron chi connectivity index (χ0n) is 22.3. The van der Waals surface area contributed by atoms with E-state index in [1.165, 1.54) is 57.0 Å². The Hall–Kier alpha value is -3.94. The fourth-order valence-electron chi connectivity index (χ4n) is 5.40. The van der Waals surface area contributed by atoms with Crippen molar-refractivity contribution in [3.05, 3.63) is 138 Å². The lowest BCUT2D eigenvalue weighted by molar-refractivity contribution is 0.454. The van der Waals surface area contributed by atoms with Crippen LogP contribution in [0.1, 0.15) is 0 Å². The van der Waals surface area contributed by atoms with Crippen molar-refractivity contribution < 1.29 is 9.68 Å². The maximum Gasteiger partial charge on any atom is 0.569 e. The van der Waals surface area contributed by atoms with Crippen LogP contribution >= 0.6 is 38.6 Å². The van der Waals surface area contributed by atoms with Crippen LogP contribution in [0.4, 0.5) is 0 Å². The van der Waals surface area contributed by atoms with Crippen LogP contribution in [0.3, 0.4) is 0 Å². The number of hydrogen-bond acceptors (Lipinski definition) is 4. The standard InChI is InChI=1S/C18H12BO2S.C18H11BrS/c20-19-21-13-6-3-5-12(11-13)14-8-4-9-16-15-7-1-2-10-17(15)22-18(14)16;19-13-6-3-5-12(11-13)14-8-4-9-16-15-7-1-2-10-17(15)20-18(14)16/h1-11,20H;1-11H. The molecule has 0 fully saturated rings. The van der Waals surface area contributed by atoms with Gasteiger partial charge < -0.3 is 9.68 Å². The minimum Gasteiger partial charge on any atom is -0.537 e. The molecule has 0 saturated heterocycles. The first-order valence-electron chi connectivity index (χ1n) is 13.5. The van der Waals surface area contributed by atoms with Gasteiger partial charge in [-0.2, -0.15) is 0 Å². The smallest absolute Gasteiger partial charge is 0.537 e. The van der Waals surface area contributed by atoms with Crippen LogP contribution in [0.5, 0.6) is 5.75 Å². The molecule has 2 heterocycles. The Morgan fingerprint density at radius 1 is 0.524 bits per heavy atom. The highest BCUT2D eigenvalue weighted by Crippen LogP contribution is 2.41. The average Bonchev–Trinajstić information content (AvgIpc) is 3.60. The number of thiophene rings is 2. The predicted octanol–water partition coefficient (Wildman–Crippen LogP) is 11.1. The Labute approximate surface area is 260 Å². The summed E-state index contributed by atoms with van der Waals surface area (Å²) in [6.07, 6.45) is 0. The monoisotopic (exact) mass is 641 g/mol. The van der Waals surface area contributed by atoms with E-state index in [1.807, 2.05) is 29.5 Å². The first-order chi connectivity index (χ1) is 20.7. The lowest BCUT2D eigenvalue weighted by Gasteiger charge is -2.06. The quantitative estimate of drug-likeness (QED) is 0.194. The van der Waals surface area contributed by atoms with Gasteiger partial charge in [-0.05, 0) is 58.7 Å². The lowest BCUT2D eigenvalue weighted by Crippen LogP contribution is -1.99. The van der Waals surface area contributed by atoms with Gasteiger partial charge in [0.2, 0.25) is 0 Å². The van der Waals surface area contributed by atoms with E-state index in [0.717, 1.165) is 10.0 Å². The molecule has 0 aliphatic heterocycles. The van der Waals surface area contributed by atoms with Gasteiger partial charge in [0.05, 0.1) is 0 Å². The van der Waals surface area contributed by atoms with Gasteiger partial charge in [0.25, 0.3) is 0 Å². The number of halogens is 1. The van der Waals surface area contributed by atoms with E-state index in [-0.39, 0.29) is 0 Å². The molecule has 1 radical (unpaired) electrons. The van der Waals surface area contributed by atoms with E-state index in [4.69, 9.17) is 9.68 Å². The molecule has 201 valence electrons. The summed E-state index contributed by atoms with van der Waals surface area (Å²) in [4.78, 5) is 0. The molecule has 2 nitrogen and oxygen atoms in total. The van der Waals surface area contributed by atoms with Crippen molar-refractivity contribution in [1.29, 1.82) is 0 Å². The summed E-state index contributed by atoms with van der Waals surface area (Å²) in [5.41, 5.74) is 4.83. The molecule has 42 heavy (non-hydrogen) atoms. The summed E-state index contributed by atoms with van der Waals surface area (Å²) in [5, 5.41) is 14.1. The van der Waals surface area contributed by atoms with Crippen LogP contribution in [-0.2, 0) is 0 Å². The average molecular weight is 642 g/mol. The molecule has 0 bridgehead atoms. The summed E-state index contributed by atoms with van der Waals surface area (Å²) in [6.45, 7) is 0. The van der Waals surface area contributed by atoms with Gasteiger partial charge in [0.15, 0.2) is 0 Å².